The van der Waals surface area contributed by atoms with Crippen LogP contribution >= 0.6 is 11.3 Å². The van der Waals surface area contributed by atoms with Crippen LogP contribution in [0, 0.1) is 5.82 Å². The molecule has 4 aromatic rings. The molecule has 1 unspecified atom stereocenters. The van der Waals surface area contributed by atoms with E-state index in [9.17, 15) is 22.4 Å². The number of halogens is 4. The molecule has 0 aliphatic carbocycles. The monoisotopic (exact) mass is 487 g/mol. The van der Waals surface area contributed by atoms with Gasteiger partial charge in [0.05, 0.1) is 16.8 Å². The van der Waals surface area contributed by atoms with Crippen molar-refractivity contribution in [2.75, 3.05) is 11.4 Å². The first-order chi connectivity index (χ1) is 16.3. The van der Waals surface area contributed by atoms with Crippen LogP contribution < -0.4 is 4.90 Å². The number of carbonyl (C=O) groups excluding carboxylic acids is 1. The molecule has 1 aliphatic rings. The normalized spacial score (nSPS) is 16.4. The van der Waals surface area contributed by atoms with Gasteiger partial charge in [-0.1, -0.05) is 17.3 Å². The molecule has 174 valence electrons. The van der Waals surface area contributed by atoms with E-state index < -0.39 is 30.5 Å². The molecule has 0 saturated heterocycles. The van der Waals surface area contributed by atoms with Crippen LogP contribution in [0.1, 0.15) is 18.0 Å². The van der Waals surface area contributed by atoms with Crippen LogP contribution in [0.2, 0.25) is 0 Å². The third-order valence-electron chi connectivity index (χ3n) is 5.58. The molecule has 11 heteroatoms. The highest BCUT2D eigenvalue weighted by atomic mass is 32.1. The smallest absolute Gasteiger partial charge is 0.301 e. The van der Waals surface area contributed by atoms with Crippen molar-refractivity contribution in [3.63, 3.8) is 0 Å². The summed E-state index contributed by atoms with van der Waals surface area (Å²) in [6.07, 6.45) is 0.491. The Kier molecular flexibility index (Phi) is 5.64. The van der Waals surface area contributed by atoms with E-state index in [2.05, 4.69) is 15.3 Å². The zero-order chi connectivity index (χ0) is 23.9. The maximum absolute atomic E-state index is 14.4. The average molecular weight is 487 g/mol. The van der Waals surface area contributed by atoms with Crippen molar-refractivity contribution in [2.45, 2.75) is 25.1 Å². The molecular formula is C23H17F4N5OS. The first kappa shape index (κ1) is 22.2. The second kappa shape index (κ2) is 8.64. The summed E-state index contributed by atoms with van der Waals surface area (Å²) in [5.74, 6) is -1.45. The molecular weight excluding hydrogens is 470 g/mol. The SMILES string of the molecule is O=C1C(n2cc(-c3ccc(-c4cccnc4)s3)nn2)CCc2c(F)cccc2N1CC(F)(F)F. The lowest BCUT2D eigenvalue weighted by Gasteiger charge is -2.26. The standard InChI is InChI=1S/C23H17F4N5OS/c24-16-4-1-5-18-15(16)6-7-19(22(33)31(18)13-23(25,26)27)32-12-17(29-30-32)21-9-8-20(34-21)14-3-2-10-28-11-14/h1-5,8-12,19H,6-7,13H2. The van der Waals surface area contributed by atoms with E-state index in [4.69, 9.17) is 0 Å². The zero-order valence-corrected chi connectivity index (χ0v) is 18.4. The summed E-state index contributed by atoms with van der Waals surface area (Å²) in [5, 5.41) is 8.19. The summed E-state index contributed by atoms with van der Waals surface area (Å²) in [5.41, 5.74) is 1.45. The Hall–Kier alpha value is -3.60. The van der Waals surface area contributed by atoms with Gasteiger partial charge in [0.25, 0.3) is 5.91 Å². The van der Waals surface area contributed by atoms with Gasteiger partial charge in [0.2, 0.25) is 0 Å². The van der Waals surface area contributed by atoms with Gasteiger partial charge in [0.1, 0.15) is 24.1 Å². The quantitative estimate of drug-likeness (QED) is 0.367. The number of rotatable bonds is 4. The Morgan fingerprint density at radius 1 is 1.09 bits per heavy atom. The maximum Gasteiger partial charge on any atom is 0.406 e. The fraction of sp³-hybridized carbons (Fsp3) is 0.217. The summed E-state index contributed by atoms with van der Waals surface area (Å²) >= 11 is 1.45. The van der Waals surface area contributed by atoms with Gasteiger partial charge in [0.15, 0.2) is 0 Å². The number of thiophene rings is 1. The number of amides is 1. The van der Waals surface area contributed by atoms with E-state index in [1.54, 1.807) is 18.6 Å². The van der Waals surface area contributed by atoms with E-state index in [1.165, 1.54) is 34.2 Å². The highest BCUT2D eigenvalue weighted by Gasteiger charge is 2.40. The topological polar surface area (TPSA) is 63.9 Å². The molecule has 1 atom stereocenters. The van der Waals surface area contributed by atoms with E-state index in [0.717, 1.165) is 15.3 Å². The van der Waals surface area contributed by atoms with Crippen LogP contribution in [-0.2, 0) is 11.2 Å². The van der Waals surface area contributed by atoms with Crippen LogP contribution in [0.25, 0.3) is 21.0 Å². The summed E-state index contributed by atoms with van der Waals surface area (Å²) in [6.45, 7) is -1.51. The number of hydrogen-bond donors (Lipinski definition) is 0. The van der Waals surface area contributed by atoms with Crippen molar-refractivity contribution in [2.24, 2.45) is 0 Å². The van der Waals surface area contributed by atoms with E-state index in [0.29, 0.717) is 10.6 Å². The largest absolute Gasteiger partial charge is 0.406 e. The summed E-state index contributed by atoms with van der Waals surface area (Å²) < 4.78 is 55.6. The number of alkyl halides is 3. The van der Waals surface area contributed by atoms with E-state index in [-0.39, 0.29) is 24.1 Å². The minimum Gasteiger partial charge on any atom is -0.301 e. The fourth-order valence-electron chi connectivity index (χ4n) is 4.02. The number of carbonyl (C=O) groups is 1. The minimum absolute atomic E-state index is 0.0652. The van der Waals surface area contributed by atoms with Gasteiger partial charge >= 0.3 is 6.18 Å². The van der Waals surface area contributed by atoms with Crippen LogP contribution in [-0.4, -0.2) is 38.6 Å². The van der Waals surface area contributed by atoms with Gasteiger partial charge in [-0.05, 0) is 43.2 Å². The van der Waals surface area contributed by atoms with Crippen molar-refractivity contribution in [1.29, 1.82) is 0 Å². The Balaban J connectivity index is 1.46. The van der Waals surface area contributed by atoms with Crippen molar-refractivity contribution in [1.82, 2.24) is 20.0 Å². The molecule has 1 amide bonds. The second-order valence-corrected chi connectivity index (χ2v) is 8.90. The van der Waals surface area contributed by atoms with E-state index in [1.807, 2.05) is 24.3 Å². The number of aromatic nitrogens is 4. The van der Waals surface area contributed by atoms with Crippen molar-refractivity contribution in [3.8, 4) is 21.0 Å². The lowest BCUT2D eigenvalue weighted by molar-refractivity contribution is -0.134. The predicted octanol–water partition coefficient (Wildman–Crippen LogP) is 5.29. The Labute approximate surface area is 195 Å². The molecule has 4 heterocycles. The first-order valence-corrected chi connectivity index (χ1v) is 11.2. The average Bonchev–Trinajstić information content (AvgIpc) is 3.46. The predicted molar refractivity (Wildman–Crippen MR) is 119 cm³/mol. The number of fused-ring (bicyclic) bond motifs is 1. The minimum atomic E-state index is -4.65. The summed E-state index contributed by atoms with van der Waals surface area (Å²) in [6, 6.07) is 10.3. The number of pyridine rings is 1. The van der Waals surface area contributed by atoms with Gasteiger partial charge in [-0.3, -0.25) is 9.78 Å². The molecule has 0 spiro atoms. The third kappa shape index (κ3) is 4.30. The Bertz CT molecular complexity index is 1330. The van der Waals surface area contributed by atoms with Crippen LogP contribution in [0.5, 0.6) is 0 Å². The van der Waals surface area contributed by atoms with Gasteiger partial charge in [-0.2, -0.15) is 13.2 Å². The summed E-state index contributed by atoms with van der Waals surface area (Å²) in [7, 11) is 0. The van der Waals surface area contributed by atoms with Gasteiger partial charge in [-0.15, -0.1) is 16.4 Å². The zero-order valence-electron chi connectivity index (χ0n) is 17.5. The molecule has 6 nitrogen and oxygen atoms in total. The van der Waals surface area contributed by atoms with Gasteiger partial charge in [0, 0.05) is 28.4 Å². The van der Waals surface area contributed by atoms with Crippen LogP contribution in [0.15, 0.2) is 61.1 Å². The number of anilines is 1. The third-order valence-corrected chi connectivity index (χ3v) is 6.73. The number of hydrogen-bond acceptors (Lipinski definition) is 5. The molecule has 5 rings (SSSR count). The Morgan fingerprint density at radius 3 is 2.68 bits per heavy atom. The molecule has 3 aromatic heterocycles. The van der Waals surface area contributed by atoms with Crippen molar-refractivity contribution >= 4 is 22.9 Å². The molecule has 1 aromatic carbocycles. The second-order valence-electron chi connectivity index (χ2n) is 7.82. The van der Waals surface area contributed by atoms with Crippen LogP contribution in [0.4, 0.5) is 23.2 Å². The highest BCUT2D eigenvalue weighted by molar-refractivity contribution is 7.18. The van der Waals surface area contributed by atoms with Gasteiger partial charge in [-0.25, -0.2) is 9.07 Å². The van der Waals surface area contributed by atoms with E-state index >= 15 is 0 Å². The maximum atomic E-state index is 14.4. The lowest BCUT2D eigenvalue weighted by Crippen LogP contribution is -2.42. The number of nitrogens with zero attached hydrogens (tertiary/aromatic N) is 5. The van der Waals surface area contributed by atoms with Gasteiger partial charge < -0.3 is 4.90 Å². The molecule has 0 bridgehead atoms. The molecule has 1 aliphatic heterocycles. The van der Waals surface area contributed by atoms with Crippen molar-refractivity contribution in [3.05, 3.63) is 72.4 Å². The molecule has 0 fully saturated rings. The molecule has 0 N–H and O–H groups in total. The summed E-state index contributed by atoms with van der Waals surface area (Å²) in [4.78, 5) is 19.7. The first-order valence-electron chi connectivity index (χ1n) is 10.4. The van der Waals surface area contributed by atoms with Crippen LogP contribution in [0.3, 0.4) is 0 Å². The molecule has 34 heavy (non-hydrogen) atoms. The fourth-order valence-corrected chi connectivity index (χ4v) is 4.97. The Morgan fingerprint density at radius 2 is 1.91 bits per heavy atom. The molecule has 0 saturated carbocycles. The molecule has 0 radical (unpaired) electrons. The van der Waals surface area contributed by atoms with Crippen molar-refractivity contribution < 1.29 is 22.4 Å². The highest BCUT2D eigenvalue weighted by Crippen LogP contribution is 2.36. The number of benzene rings is 1. The lowest BCUT2D eigenvalue weighted by atomic mass is 10.1.